The molecule has 2 aromatic rings. The molecule has 0 aliphatic carbocycles. The van der Waals surface area contributed by atoms with E-state index in [1.807, 2.05) is 6.07 Å². The first-order chi connectivity index (χ1) is 7.92. The van der Waals surface area contributed by atoms with Crippen molar-refractivity contribution in [1.82, 2.24) is 15.3 Å². The summed E-state index contributed by atoms with van der Waals surface area (Å²) in [6, 6.07) is 8.25. The lowest BCUT2D eigenvalue weighted by molar-refractivity contribution is 0.879. The predicted octanol–water partition coefficient (Wildman–Crippen LogP) is 1.35. The molecule has 0 radical (unpaired) electrons. The second kappa shape index (κ2) is 4.22. The van der Waals surface area contributed by atoms with Gasteiger partial charge in [0.25, 0.3) is 0 Å². The minimum absolute atomic E-state index is 0.744. The van der Waals surface area contributed by atoms with Crippen LogP contribution in [0, 0.1) is 0 Å². The van der Waals surface area contributed by atoms with Crippen molar-refractivity contribution in [1.29, 1.82) is 0 Å². The van der Waals surface area contributed by atoms with Gasteiger partial charge in [0.2, 0.25) is 0 Å². The van der Waals surface area contributed by atoms with Crippen LogP contribution in [0.25, 0.3) is 11.0 Å². The number of hydrogen-bond donors (Lipinski definition) is 1. The van der Waals surface area contributed by atoms with Gasteiger partial charge < -0.3 is 5.32 Å². The van der Waals surface area contributed by atoms with Crippen LogP contribution in [0.2, 0.25) is 6.32 Å². The lowest BCUT2D eigenvalue weighted by Crippen LogP contribution is -2.21. The smallest absolute Gasteiger partial charge is 0.163 e. The molecule has 1 aliphatic rings. The molecule has 3 nitrogen and oxygen atoms in total. The Balaban J connectivity index is 1.86. The van der Waals surface area contributed by atoms with Crippen LogP contribution in [0.1, 0.15) is 5.69 Å². The molecule has 16 heavy (non-hydrogen) atoms. The van der Waals surface area contributed by atoms with Crippen molar-refractivity contribution in [3.05, 3.63) is 36.2 Å². The maximum absolute atomic E-state index is 4.60. The highest BCUT2D eigenvalue weighted by molar-refractivity contribution is 6.59. The maximum Gasteiger partial charge on any atom is 0.163 e. The van der Waals surface area contributed by atoms with Gasteiger partial charge in [0.15, 0.2) is 12.4 Å². The average molecular weight is 211 g/mol. The molecule has 3 heterocycles. The van der Waals surface area contributed by atoms with Crippen molar-refractivity contribution >= 4 is 17.7 Å². The molecule has 1 saturated heterocycles. The van der Waals surface area contributed by atoms with E-state index in [0.717, 1.165) is 37.1 Å². The third-order valence-electron chi connectivity index (χ3n) is 3.18. The molecule has 0 unspecified atom stereocenters. The van der Waals surface area contributed by atoms with Gasteiger partial charge in [-0.2, -0.15) is 0 Å². The molecule has 1 fully saturated rings. The number of hydrogen-bond acceptors (Lipinski definition) is 3. The van der Waals surface area contributed by atoms with E-state index in [9.17, 15) is 0 Å². The number of aromatic nitrogens is 2. The van der Waals surface area contributed by atoms with E-state index in [1.54, 1.807) is 6.20 Å². The van der Waals surface area contributed by atoms with Crippen LogP contribution >= 0.6 is 0 Å². The van der Waals surface area contributed by atoms with Gasteiger partial charge in [-0.15, -0.1) is 0 Å². The summed E-state index contributed by atoms with van der Waals surface area (Å²) in [5.41, 5.74) is 2.03. The highest BCUT2D eigenvalue weighted by Crippen LogP contribution is 2.12. The highest BCUT2D eigenvalue weighted by atomic mass is 14.9. The van der Waals surface area contributed by atoms with Gasteiger partial charge in [-0.3, -0.25) is 0 Å². The largest absolute Gasteiger partial charge is 0.325 e. The maximum atomic E-state index is 4.60. The van der Waals surface area contributed by atoms with Gasteiger partial charge in [-0.1, -0.05) is 6.32 Å². The summed E-state index contributed by atoms with van der Waals surface area (Å²) in [6.07, 6.45) is 5.26. The van der Waals surface area contributed by atoms with Gasteiger partial charge >= 0.3 is 0 Å². The number of nitrogens with one attached hydrogen (secondary N) is 1. The molecule has 4 heteroatoms. The van der Waals surface area contributed by atoms with Crippen molar-refractivity contribution < 1.29 is 0 Å². The second-order valence-electron chi connectivity index (χ2n) is 4.42. The number of fused-ring (bicyclic) bond motifs is 1. The molecule has 0 bridgehead atoms. The fraction of sp³-hybridized carbons (Fsp3) is 0.333. The topological polar surface area (TPSA) is 37.8 Å². The second-order valence-corrected chi connectivity index (χ2v) is 4.42. The van der Waals surface area contributed by atoms with Crippen LogP contribution in [0.4, 0.5) is 0 Å². The Labute approximate surface area is 95.4 Å². The Morgan fingerprint density at radius 3 is 3.19 bits per heavy atom. The normalized spacial score (nSPS) is 15.9. The lowest BCUT2D eigenvalue weighted by atomic mass is 9.46. The highest BCUT2D eigenvalue weighted by Gasteiger charge is 2.19. The molecular formula is C12H14BN3. The van der Waals surface area contributed by atoms with Gasteiger partial charge in [-0.05, 0) is 43.6 Å². The molecule has 80 valence electrons. The third-order valence-corrected chi connectivity index (χ3v) is 3.18. The van der Waals surface area contributed by atoms with Gasteiger partial charge in [0, 0.05) is 17.3 Å². The van der Waals surface area contributed by atoms with Crippen LogP contribution in [0.3, 0.4) is 0 Å². The fourth-order valence-electron chi connectivity index (χ4n) is 2.29. The zero-order chi connectivity index (χ0) is 10.8. The lowest BCUT2D eigenvalue weighted by Gasteiger charge is -2.04. The van der Waals surface area contributed by atoms with Gasteiger partial charge in [0.1, 0.15) is 0 Å². The minimum Gasteiger partial charge on any atom is -0.325 e. The molecular weight excluding hydrogens is 197 g/mol. The molecule has 3 rings (SSSR count). The van der Waals surface area contributed by atoms with Crippen molar-refractivity contribution in [3.8, 4) is 0 Å². The van der Waals surface area contributed by atoms with E-state index in [0.29, 0.717) is 0 Å². The zero-order valence-corrected chi connectivity index (χ0v) is 9.19. The first kappa shape index (κ1) is 9.79. The number of nitrogens with zero attached hydrogens (tertiary/aromatic N) is 2. The summed E-state index contributed by atoms with van der Waals surface area (Å²) in [7, 11) is 0. The van der Waals surface area contributed by atoms with E-state index in [1.165, 1.54) is 12.0 Å². The summed E-state index contributed by atoms with van der Waals surface area (Å²) in [5, 5.41) is 4.51. The van der Waals surface area contributed by atoms with Gasteiger partial charge in [-0.25, -0.2) is 9.97 Å². The Bertz CT molecular complexity index is 494. The van der Waals surface area contributed by atoms with Crippen LogP contribution in [-0.4, -0.2) is 29.7 Å². The number of rotatable bonds is 2. The number of pyridine rings is 2. The summed E-state index contributed by atoms with van der Waals surface area (Å²) >= 11 is 0. The summed E-state index contributed by atoms with van der Waals surface area (Å²) in [5.74, 6) is 0. The summed E-state index contributed by atoms with van der Waals surface area (Å²) < 4.78 is 0. The Hall–Kier alpha value is -1.42. The quantitative estimate of drug-likeness (QED) is 0.762. The fourth-order valence-corrected chi connectivity index (χ4v) is 2.29. The summed E-state index contributed by atoms with van der Waals surface area (Å²) in [4.78, 5) is 8.89. The van der Waals surface area contributed by atoms with Crippen molar-refractivity contribution in [2.45, 2.75) is 12.6 Å². The molecule has 2 aromatic heterocycles. The molecule has 0 aromatic carbocycles. The first-order valence-electron chi connectivity index (χ1n) is 5.83. The van der Waals surface area contributed by atoms with Gasteiger partial charge in [0.05, 0.1) is 0 Å². The van der Waals surface area contributed by atoms with E-state index in [4.69, 9.17) is 0 Å². The minimum atomic E-state index is 0.744. The van der Waals surface area contributed by atoms with Crippen LogP contribution in [0.15, 0.2) is 30.5 Å². The van der Waals surface area contributed by atoms with E-state index in [-0.39, 0.29) is 0 Å². The first-order valence-corrected chi connectivity index (χ1v) is 5.83. The van der Waals surface area contributed by atoms with E-state index in [2.05, 4.69) is 33.5 Å². The van der Waals surface area contributed by atoms with Crippen molar-refractivity contribution in [3.63, 3.8) is 0 Å². The van der Waals surface area contributed by atoms with Crippen molar-refractivity contribution in [2.75, 3.05) is 13.0 Å². The monoisotopic (exact) mass is 211 g/mol. The molecule has 0 amide bonds. The molecule has 0 atom stereocenters. The van der Waals surface area contributed by atoms with Crippen LogP contribution < -0.4 is 5.32 Å². The van der Waals surface area contributed by atoms with Crippen molar-refractivity contribution in [2.24, 2.45) is 0 Å². The Morgan fingerprint density at radius 2 is 2.31 bits per heavy atom. The van der Waals surface area contributed by atoms with E-state index >= 15 is 0 Å². The standard InChI is InChI=1S/C12H14BN3/c1-2-10-3-4-11(16-12(10)15-6-1)8-13-5-7-14-9-13/h1-4,6,14H,5,7-9H2. The van der Waals surface area contributed by atoms with Crippen LogP contribution in [0.5, 0.6) is 0 Å². The summed E-state index contributed by atoms with van der Waals surface area (Å²) in [6.45, 7) is 1.89. The van der Waals surface area contributed by atoms with Crippen LogP contribution in [-0.2, 0) is 6.32 Å². The SMILES string of the molecule is c1cnc2nc(CB3CCNC3)ccc2c1. The molecule has 1 aliphatic heterocycles. The Morgan fingerprint density at radius 1 is 1.31 bits per heavy atom. The Kier molecular flexibility index (Phi) is 2.58. The zero-order valence-electron chi connectivity index (χ0n) is 9.19. The third kappa shape index (κ3) is 1.93. The predicted molar refractivity (Wildman–Crippen MR) is 66.7 cm³/mol. The van der Waals surface area contributed by atoms with E-state index < -0.39 is 0 Å². The average Bonchev–Trinajstić information content (AvgIpc) is 2.82. The molecule has 0 saturated carbocycles. The molecule has 1 N–H and O–H groups in total. The molecule has 0 spiro atoms.